The maximum Gasteiger partial charge on any atom is 0.0840 e. The average Bonchev–Trinajstić information content (AvgIpc) is 2.44. The molecule has 2 radical (unpaired) electrons. The van der Waals surface area contributed by atoms with E-state index in [4.69, 9.17) is 11.7 Å². The summed E-state index contributed by atoms with van der Waals surface area (Å²) in [4.78, 5) is 0. The third-order valence-corrected chi connectivity index (χ3v) is 1.31. The van der Waals surface area contributed by atoms with Gasteiger partial charge in [-0.15, -0.1) is 0 Å². The third-order valence-electron chi connectivity index (χ3n) is 1.31. The molecule has 1 heterocycles. The van der Waals surface area contributed by atoms with Crippen molar-refractivity contribution < 1.29 is 4.74 Å². The second kappa shape index (κ2) is 1.83. The molecule has 2 atom stereocenters. The number of hydrogen-bond donors (Lipinski definition) is 0. The molecule has 1 aliphatic heterocycles. The van der Waals surface area contributed by atoms with Gasteiger partial charge in [0.2, 0.25) is 0 Å². The van der Waals surface area contributed by atoms with Crippen molar-refractivity contribution in [3.63, 3.8) is 0 Å². The van der Waals surface area contributed by atoms with Crippen LogP contribution >= 0.6 is 0 Å². The summed E-state index contributed by atoms with van der Waals surface area (Å²) in [6.07, 6.45) is 1.43. The van der Waals surface area contributed by atoms with Crippen molar-refractivity contribution in [2.75, 3.05) is 6.61 Å². The molecular weight excluding hydrogens is 88.1 g/mol. The maximum absolute atomic E-state index is 5.55. The van der Waals surface area contributed by atoms with Crippen LogP contribution < -0.4 is 0 Å². The minimum atomic E-state index is 0.292. The number of hydrogen-bond acceptors (Lipinski definition) is 1. The quantitative estimate of drug-likeness (QED) is 0.471. The lowest BCUT2D eigenvalue weighted by molar-refractivity contribution is 0.354. The lowest BCUT2D eigenvalue weighted by atomic mass is 10.1. The summed E-state index contributed by atoms with van der Waals surface area (Å²) in [5, 5.41) is 0. The van der Waals surface area contributed by atoms with Crippen molar-refractivity contribution >= 4 is 0 Å². The largest absolute Gasteiger partial charge is 0.373 e. The molecule has 40 valence electrons. The molecule has 0 aliphatic carbocycles. The van der Waals surface area contributed by atoms with E-state index in [1.165, 1.54) is 0 Å². The Labute approximate surface area is 44.7 Å². The Bertz CT molecular complexity index is 57.2. The van der Waals surface area contributed by atoms with Gasteiger partial charge < -0.3 is 4.74 Å². The molecular formula is C6H10O. The molecule has 1 rings (SSSR count). The topological polar surface area (TPSA) is 12.5 Å². The van der Waals surface area contributed by atoms with Crippen LogP contribution in [0.2, 0.25) is 0 Å². The van der Waals surface area contributed by atoms with Gasteiger partial charge in [-0.2, -0.15) is 0 Å². The van der Waals surface area contributed by atoms with Crippen LogP contribution in [-0.4, -0.2) is 12.7 Å². The van der Waals surface area contributed by atoms with E-state index < -0.39 is 0 Å². The molecule has 1 nitrogen and oxygen atoms in total. The zero-order chi connectivity index (χ0) is 5.28. The average molecular weight is 98.1 g/mol. The third kappa shape index (κ3) is 1.16. The number of ether oxygens (including phenoxy) is 1. The van der Waals surface area contributed by atoms with Gasteiger partial charge in [-0.1, -0.05) is 13.3 Å². The number of epoxide rings is 1. The molecule has 1 saturated heterocycles. The summed E-state index contributed by atoms with van der Waals surface area (Å²) < 4.78 is 4.94. The first-order chi connectivity index (χ1) is 3.34. The van der Waals surface area contributed by atoms with Gasteiger partial charge in [0, 0.05) is 0 Å². The predicted molar refractivity (Wildman–Crippen MR) is 27.8 cm³/mol. The van der Waals surface area contributed by atoms with Crippen LogP contribution in [-0.2, 0) is 4.74 Å². The van der Waals surface area contributed by atoms with Crippen LogP contribution in [0.25, 0.3) is 0 Å². The van der Waals surface area contributed by atoms with Crippen LogP contribution in [0.3, 0.4) is 0 Å². The number of rotatable bonds is 2. The molecule has 0 amide bonds. The normalized spacial score (nSPS) is 32.6. The van der Waals surface area contributed by atoms with Gasteiger partial charge >= 0.3 is 0 Å². The first-order valence-corrected chi connectivity index (χ1v) is 2.71. The first-order valence-electron chi connectivity index (χ1n) is 2.71. The minimum Gasteiger partial charge on any atom is -0.373 e. The standard InChI is InChI=1S/C6H10O/c1-3-5(2)6-4-7-6/h2,5-6H,3-4H2,1H3. The molecule has 1 heteroatoms. The van der Waals surface area contributed by atoms with E-state index in [1.807, 2.05) is 0 Å². The van der Waals surface area contributed by atoms with Gasteiger partial charge in [0.25, 0.3) is 0 Å². The van der Waals surface area contributed by atoms with E-state index in [-0.39, 0.29) is 0 Å². The highest BCUT2D eigenvalue weighted by atomic mass is 16.6. The van der Waals surface area contributed by atoms with Crippen LogP contribution in [0.5, 0.6) is 0 Å². The fourth-order valence-electron chi connectivity index (χ4n) is 0.566. The fourth-order valence-corrected chi connectivity index (χ4v) is 0.566. The Morgan fingerprint density at radius 2 is 2.57 bits per heavy atom. The molecule has 1 fully saturated rings. The molecule has 0 aromatic rings. The van der Waals surface area contributed by atoms with Crippen LogP contribution in [0, 0.1) is 12.8 Å². The SMILES string of the molecule is [CH]C(CC)C1CO1. The van der Waals surface area contributed by atoms with Crippen molar-refractivity contribution in [3.05, 3.63) is 6.92 Å². The Hall–Kier alpha value is -0.0400. The van der Waals surface area contributed by atoms with Crippen LogP contribution in [0.4, 0.5) is 0 Å². The second-order valence-electron chi connectivity index (χ2n) is 1.94. The molecule has 0 aromatic heterocycles. The lowest BCUT2D eigenvalue weighted by Crippen LogP contribution is -2.00. The highest BCUT2D eigenvalue weighted by molar-refractivity contribution is 4.79. The summed E-state index contributed by atoms with van der Waals surface area (Å²) in [5.41, 5.74) is 0. The van der Waals surface area contributed by atoms with Gasteiger partial charge in [-0.05, 0) is 12.8 Å². The van der Waals surface area contributed by atoms with Crippen LogP contribution in [0.1, 0.15) is 13.3 Å². The lowest BCUT2D eigenvalue weighted by Gasteiger charge is -1.98. The van der Waals surface area contributed by atoms with Gasteiger partial charge in [-0.3, -0.25) is 0 Å². The van der Waals surface area contributed by atoms with Crippen molar-refractivity contribution in [2.24, 2.45) is 5.92 Å². The summed E-state index contributed by atoms with van der Waals surface area (Å²) in [6, 6.07) is 0. The van der Waals surface area contributed by atoms with Gasteiger partial charge in [-0.25, -0.2) is 0 Å². The highest BCUT2D eigenvalue weighted by Gasteiger charge is 2.27. The van der Waals surface area contributed by atoms with E-state index in [0.717, 1.165) is 13.0 Å². The Balaban J connectivity index is 2.10. The Morgan fingerprint density at radius 1 is 2.00 bits per heavy atom. The van der Waals surface area contributed by atoms with E-state index >= 15 is 0 Å². The summed E-state index contributed by atoms with van der Waals surface area (Å²) in [5.74, 6) is 0.292. The molecule has 0 bridgehead atoms. The highest BCUT2D eigenvalue weighted by Crippen LogP contribution is 2.21. The molecule has 0 aromatic carbocycles. The summed E-state index contributed by atoms with van der Waals surface area (Å²) >= 11 is 0. The molecule has 0 N–H and O–H groups in total. The van der Waals surface area contributed by atoms with Crippen molar-refractivity contribution in [1.82, 2.24) is 0 Å². The molecule has 1 aliphatic rings. The van der Waals surface area contributed by atoms with E-state index in [0.29, 0.717) is 12.0 Å². The van der Waals surface area contributed by atoms with Gasteiger partial charge in [0.1, 0.15) is 0 Å². The predicted octanol–water partition coefficient (Wildman–Crippen LogP) is 1.12. The Kier molecular flexibility index (Phi) is 1.33. The second-order valence-corrected chi connectivity index (χ2v) is 1.94. The molecule has 0 spiro atoms. The monoisotopic (exact) mass is 98.1 g/mol. The zero-order valence-corrected chi connectivity index (χ0v) is 4.55. The maximum atomic E-state index is 5.55. The van der Waals surface area contributed by atoms with E-state index in [9.17, 15) is 0 Å². The van der Waals surface area contributed by atoms with Crippen molar-refractivity contribution in [1.29, 1.82) is 0 Å². The Morgan fingerprint density at radius 3 is 2.71 bits per heavy atom. The molecule has 2 unspecified atom stereocenters. The van der Waals surface area contributed by atoms with Gasteiger partial charge in [0.05, 0.1) is 12.7 Å². The van der Waals surface area contributed by atoms with Crippen molar-refractivity contribution in [2.45, 2.75) is 19.4 Å². The summed E-state index contributed by atoms with van der Waals surface area (Å²) in [7, 11) is 0. The minimum absolute atomic E-state index is 0.292. The fraction of sp³-hybridized carbons (Fsp3) is 0.833. The smallest absolute Gasteiger partial charge is 0.0840 e. The van der Waals surface area contributed by atoms with Crippen LogP contribution in [0.15, 0.2) is 0 Å². The van der Waals surface area contributed by atoms with E-state index in [2.05, 4.69) is 6.92 Å². The summed E-state index contributed by atoms with van der Waals surface area (Å²) in [6.45, 7) is 8.51. The zero-order valence-electron chi connectivity index (χ0n) is 4.55. The molecule has 0 saturated carbocycles. The van der Waals surface area contributed by atoms with Gasteiger partial charge in [0.15, 0.2) is 0 Å². The van der Waals surface area contributed by atoms with E-state index in [1.54, 1.807) is 0 Å². The first kappa shape index (κ1) is 5.10. The van der Waals surface area contributed by atoms with Crippen molar-refractivity contribution in [3.8, 4) is 0 Å². The molecule has 7 heavy (non-hydrogen) atoms.